The first kappa shape index (κ1) is 22.9. The van der Waals surface area contributed by atoms with E-state index in [0.717, 1.165) is 22.4 Å². The third-order valence-electron chi connectivity index (χ3n) is 4.65. The van der Waals surface area contributed by atoms with Crippen LogP contribution in [0, 0.1) is 6.92 Å². The summed E-state index contributed by atoms with van der Waals surface area (Å²) in [6.07, 6.45) is 0.721. The van der Waals surface area contributed by atoms with E-state index in [0.29, 0.717) is 18.9 Å². The number of hydrogen-bond donors (Lipinski definition) is 2. The van der Waals surface area contributed by atoms with Crippen molar-refractivity contribution < 1.29 is 17.9 Å². The number of carbonyl (C=O) groups is 1. The Labute approximate surface area is 173 Å². The van der Waals surface area contributed by atoms with Gasteiger partial charge in [-0.15, -0.1) is 0 Å². The summed E-state index contributed by atoms with van der Waals surface area (Å²) < 4.78 is 32.5. The van der Waals surface area contributed by atoms with E-state index in [1.807, 2.05) is 37.3 Å². The van der Waals surface area contributed by atoms with Crippen molar-refractivity contribution in [2.75, 3.05) is 20.2 Å². The molecule has 0 aliphatic heterocycles. The normalized spacial score (nSPS) is 11.5. The van der Waals surface area contributed by atoms with Crippen LogP contribution >= 0.6 is 0 Å². The zero-order valence-electron chi connectivity index (χ0n) is 17.5. The van der Waals surface area contributed by atoms with Crippen molar-refractivity contribution >= 4 is 15.9 Å². The van der Waals surface area contributed by atoms with Gasteiger partial charge in [-0.1, -0.05) is 43.7 Å². The second kappa shape index (κ2) is 10.4. The molecule has 0 heterocycles. The summed E-state index contributed by atoms with van der Waals surface area (Å²) in [5.41, 5.74) is 3.23. The van der Waals surface area contributed by atoms with Crippen molar-refractivity contribution in [2.24, 2.45) is 0 Å². The van der Waals surface area contributed by atoms with Gasteiger partial charge in [0.1, 0.15) is 5.75 Å². The molecule has 2 aromatic rings. The maximum atomic E-state index is 12.3. The second-order valence-corrected chi connectivity index (χ2v) is 9.05. The van der Waals surface area contributed by atoms with Gasteiger partial charge in [0, 0.05) is 19.5 Å². The van der Waals surface area contributed by atoms with E-state index in [-0.39, 0.29) is 23.8 Å². The first-order valence-electron chi connectivity index (χ1n) is 9.73. The Morgan fingerprint density at radius 1 is 1.07 bits per heavy atom. The van der Waals surface area contributed by atoms with E-state index in [9.17, 15) is 13.2 Å². The number of methoxy groups -OCH3 is 1. The number of nitrogens with one attached hydrogen (secondary N) is 2. The van der Waals surface area contributed by atoms with Gasteiger partial charge in [0.2, 0.25) is 15.9 Å². The molecule has 7 heteroatoms. The molecular weight excluding hydrogens is 388 g/mol. The standard InChI is InChI=1S/C22H30N2O4S/c1-16(2)18-6-8-20(9-7-18)29(26,27)24-14-12-22(25)23-13-11-19-15-17(3)5-10-21(19)28-4/h5-10,15-16,24H,11-14H2,1-4H3,(H,23,25). The number of amides is 1. The van der Waals surface area contributed by atoms with Gasteiger partial charge < -0.3 is 10.1 Å². The summed E-state index contributed by atoms with van der Waals surface area (Å²) in [5.74, 6) is 0.929. The Kier molecular flexibility index (Phi) is 8.22. The highest BCUT2D eigenvalue weighted by molar-refractivity contribution is 7.89. The number of rotatable bonds is 10. The van der Waals surface area contributed by atoms with E-state index >= 15 is 0 Å². The average Bonchev–Trinajstić information content (AvgIpc) is 2.68. The molecule has 2 rings (SSSR count). The van der Waals surface area contributed by atoms with E-state index in [1.165, 1.54) is 0 Å². The highest BCUT2D eigenvalue weighted by atomic mass is 32.2. The molecule has 0 atom stereocenters. The minimum absolute atomic E-state index is 0.0495. The first-order chi connectivity index (χ1) is 13.7. The first-order valence-corrected chi connectivity index (χ1v) is 11.2. The Balaban J connectivity index is 1.78. The molecule has 0 aliphatic rings. The van der Waals surface area contributed by atoms with E-state index in [4.69, 9.17) is 4.74 Å². The predicted molar refractivity (Wildman–Crippen MR) is 115 cm³/mol. The van der Waals surface area contributed by atoms with Crippen molar-refractivity contribution in [2.45, 2.75) is 44.4 Å². The quantitative estimate of drug-likeness (QED) is 0.621. The smallest absolute Gasteiger partial charge is 0.240 e. The van der Waals surface area contributed by atoms with Crippen molar-refractivity contribution in [3.05, 3.63) is 59.2 Å². The molecule has 6 nitrogen and oxygen atoms in total. The predicted octanol–water partition coefficient (Wildman–Crippen LogP) is 3.15. The lowest BCUT2D eigenvalue weighted by Crippen LogP contribution is -2.31. The zero-order chi connectivity index (χ0) is 21.4. The molecule has 0 unspecified atom stereocenters. The summed E-state index contributed by atoms with van der Waals surface area (Å²) >= 11 is 0. The molecule has 1 amide bonds. The van der Waals surface area contributed by atoms with E-state index in [1.54, 1.807) is 19.2 Å². The molecule has 158 valence electrons. The summed E-state index contributed by atoms with van der Waals surface area (Å²) in [6.45, 7) is 6.62. The SMILES string of the molecule is COc1ccc(C)cc1CCNC(=O)CCNS(=O)(=O)c1ccc(C(C)C)cc1. The van der Waals surface area contributed by atoms with Crippen LogP contribution in [-0.2, 0) is 21.2 Å². The van der Waals surface area contributed by atoms with Gasteiger partial charge >= 0.3 is 0 Å². The van der Waals surface area contributed by atoms with Crippen LogP contribution in [0.3, 0.4) is 0 Å². The van der Waals surface area contributed by atoms with Gasteiger partial charge in [-0.25, -0.2) is 13.1 Å². The Morgan fingerprint density at radius 3 is 2.38 bits per heavy atom. The topological polar surface area (TPSA) is 84.5 Å². The van der Waals surface area contributed by atoms with Gasteiger partial charge in [0.05, 0.1) is 12.0 Å². The van der Waals surface area contributed by atoms with Crippen molar-refractivity contribution in [3.8, 4) is 5.75 Å². The van der Waals surface area contributed by atoms with Crippen LogP contribution in [0.15, 0.2) is 47.4 Å². The van der Waals surface area contributed by atoms with Crippen LogP contribution in [0.1, 0.15) is 42.9 Å². The Morgan fingerprint density at radius 2 is 1.76 bits per heavy atom. The van der Waals surface area contributed by atoms with Gasteiger partial charge in [0.25, 0.3) is 0 Å². The van der Waals surface area contributed by atoms with Crippen molar-refractivity contribution in [1.29, 1.82) is 0 Å². The molecular formula is C22H30N2O4S. The maximum absolute atomic E-state index is 12.3. The van der Waals surface area contributed by atoms with Gasteiger partial charge in [-0.05, 0) is 48.6 Å². The van der Waals surface area contributed by atoms with E-state index < -0.39 is 10.0 Å². The number of ether oxygens (including phenoxy) is 1. The summed E-state index contributed by atoms with van der Waals surface area (Å²) in [6, 6.07) is 12.7. The molecule has 0 aromatic heterocycles. The molecule has 29 heavy (non-hydrogen) atoms. The minimum atomic E-state index is -3.62. The molecule has 2 N–H and O–H groups in total. The third kappa shape index (κ3) is 6.87. The molecule has 0 saturated carbocycles. The number of sulfonamides is 1. The average molecular weight is 419 g/mol. The van der Waals surface area contributed by atoms with Crippen LogP contribution in [0.5, 0.6) is 5.75 Å². The summed E-state index contributed by atoms with van der Waals surface area (Å²) in [4.78, 5) is 12.2. The fourth-order valence-corrected chi connectivity index (χ4v) is 3.97. The van der Waals surface area contributed by atoms with Crippen LogP contribution in [0.4, 0.5) is 0 Å². The van der Waals surface area contributed by atoms with Crippen LogP contribution < -0.4 is 14.8 Å². The van der Waals surface area contributed by atoms with Gasteiger partial charge in [-0.2, -0.15) is 0 Å². The van der Waals surface area contributed by atoms with Crippen LogP contribution in [0.2, 0.25) is 0 Å². The lowest BCUT2D eigenvalue weighted by molar-refractivity contribution is -0.120. The number of benzene rings is 2. The van der Waals surface area contributed by atoms with Crippen molar-refractivity contribution in [1.82, 2.24) is 10.0 Å². The molecule has 2 aromatic carbocycles. The molecule has 0 fully saturated rings. The summed E-state index contributed by atoms with van der Waals surface area (Å²) in [5, 5.41) is 2.82. The lowest BCUT2D eigenvalue weighted by atomic mass is 10.0. The fourth-order valence-electron chi connectivity index (χ4n) is 2.94. The second-order valence-electron chi connectivity index (χ2n) is 7.29. The zero-order valence-corrected chi connectivity index (χ0v) is 18.3. The van der Waals surface area contributed by atoms with E-state index in [2.05, 4.69) is 23.9 Å². The highest BCUT2D eigenvalue weighted by Gasteiger charge is 2.14. The number of hydrogen-bond acceptors (Lipinski definition) is 4. The number of aryl methyl sites for hydroxylation is 1. The molecule has 0 aliphatic carbocycles. The van der Waals surface area contributed by atoms with Crippen molar-refractivity contribution in [3.63, 3.8) is 0 Å². The summed E-state index contributed by atoms with van der Waals surface area (Å²) in [7, 11) is -2.00. The van der Waals surface area contributed by atoms with Gasteiger partial charge in [-0.3, -0.25) is 4.79 Å². The van der Waals surface area contributed by atoms with Crippen LogP contribution in [-0.4, -0.2) is 34.5 Å². The third-order valence-corrected chi connectivity index (χ3v) is 6.13. The lowest BCUT2D eigenvalue weighted by Gasteiger charge is -2.11. The molecule has 0 bridgehead atoms. The highest BCUT2D eigenvalue weighted by Crippen LogP contribution is 2.20. The molecule has 0 saturated heterocycles. The minimum Gasteiger partial charge on any atom is -0.496 e. The Bertz CT molecular complexity index is 922. The Hall–Kier alpha value is -2.38. The molecule has 0 radical (unpaired) electrons. The maximum Gasteiger partial charge on any atom is 0.240 e. The van der Waals surface area contributed by atoms with Crippen LogP contribution in [0.25, 0.3) is 0 Å². The fraction of sp³-hybridized carbons (Fsp3) is 0.409. The molecule has 0 spiro atoms. The monoisotopic (exact) mass is 418 g/mol. The number of carbonyl (C=O) groups excluding carboxylic acids is 1. The van der Waals surface area contributed by atoms with Gasteiger partial charge in [0.15, 0.2) is 0 Å². The largest absolute Gasteiger partial charge is 0.496 e.